The van der Waals surface area contributed by atoms with Gasteiger partial charge in [0.2, 0.25) is 0 Å². The Balaban J connectivity index is 0.00000208. The van der Waals surface area contributed by atoms with Gasteiger partial charge in [-0.15, -0.1) is 0 Å². The molecule has 0 saturated heterocycles. The van der Waals surface area contributed by atoms with E-state index in [2.05, 4.69) is 109 Å². The average molecular weight is 442 g/mol. The van der Waals surface area contributed by atoms with E-state index in [0.717, 1.165) is 0 Å². The maximum Gasteiger partial charge on any atom is -1.00 e. The molecule has 136 valence electrons. The minimum Gasteiger partial charge on any atom is -1.00 e. The Kier molecular flexibility index (Phi) is 9.97. The molecule has 0 saturated carbocycles. The summed E-state index contributed by atoms with van der Waals surface area (Å²) in [6.07, 6.45) is 0. The van der Waals surface area contributed by atoms with Crippen molar-refractivity contribution in [2.24, 2.45) is 0 Å². The summed E-state index contributed by atoms with van der Waals surface area (Å²) < 4.78 is 0.0386. The Labute approximate surface area is 188 Å². The smallest absolute Gasteiger partial charge is 1.00 e. The van der Waals surface area contributed by atoms with Crippen molar-refractivity contribution >= 4 is 0 Å². The number of hydrogen-bond donors (Lipinski definition) is 0. The van der Waals surface area contributed by atoms with Crippen LogP contribution in [0.25, 0.3) is 0 Å². The molecular formula is C22H23Cl3Ti. The molecule has 0 radical (unpaired) electrons. The summed E-state index contributed by atoms with van der Waals surface area (Å²) in [6, 6.07) is 21.9. The van der Waals surface area contributed by atoms with Crippen LogP contribution in [0.15, 0.2) is 83.0 Å². The zero-order chi connectivity index (χ0) is 16.6. The Morgan fingerprint density at radius 2 is 0.923 bits per heavy atom. The van der Waals surface area contributed by atoms with Crippen LogP contribution < -0.4 is 37.2 Å². The van der Waals surface area contributed by atoms with Gasteiger partial charge in [-0.1, -0.05) is 0 Å². The molecule has 0 spiro atoms. The Morgan fingerprint density at radius 3 is 1.23 bits per heavy atom. The number of benzene rings is 2. The summed E-state index contributed by atoms with van der Waals surface area (Å²) in [5.74, 6) is 0.345. The van der Waals surface area contributed by atoms with Gasteiger partial charge in [0.1, 0.15) is 0 Å². The second kappa shape index (κ2) is 10.2. The van der Waals surface area contributed by atoms with Crippen molar-refractivity contribution in [3.8, 4) is 0 Å². The van der Waals surface area contributed by atoms with E-state index >= 15 is 0 Å². The van der Waals surface area contributed by atoms with E-state index in [-0.39, 0.29) is 40.9 Å². The van der Waals surface area contributed by atoms with Gasteiger partial charge in [0, 0.05) is 0 Å². The monoisotopic (exact) mass is 440 g/mol. The molecule has 0 aromatic heterocycles. The van der Waals surface area contributed by atoms with Gasteiger partial charge >= 0.3 is 152 Å². The Morgan fingerprint density at radius 1 is 0.615 bits per heavy atom. The number of hydrogen-bond acceptors (Lipinski definition) is 0. The van der Waals surface area contributed by atoms with Crippen LogP contribution in [0, 0.1) is 0 Å². The van der Waals surface area contributed by atoms with Crippen molar-refractivity contribution in [3.05, 3.63) is 94.1 Å². The van der Waals surface area contributed by atoms with Gasteiger partial charge in [-0.2, -0.15) is 0 Å². The summed E-state index contributed by atoms with van der Waals surface area (Å²) in [7, 11) is 0. The minimum atomic E-state index is 0. The molecule has 2 aromatic carbocycles. The molecular weight excluding hydrogens is 418 g/mol. The normalized spacial score (nSPS) is 15.3. The first-order valence-corrected chi connectivity index (χ1v) is 8.97. The predicted molar refractivity (Wildman–Crippen MR) is 94.2 cm³/mol. The van der Waals surface area contributed by atoms with Gasteiger partial charge in [-0.05, 0) is 0 Å². The van der Waals surface area contributed by atoms with Crippen LogP contribution in [0.3, 0.4) is 0 Å². The van der Waals surface area contributed by atoms with Crippen LogP contribution in [0.5, 0.6) is 0 Å². The molecule has 1 aliphatic carbocycles. The molecule has 0 N–H and O–H groups in total. The molecule has 0 aliphatic heterocycles. The molecule has 1 aliphatic rings. The molecule has 2 aromatic rings. The predicted octanol–water partition coefficient (Wildman–Crippen LogP) is -2.78. The summed E-state index contributed by atoms with van der Waals surface area (Å²) in [5.41, 5.74) is 8.71. The molecule has 0 atom stereocenters. The largest absolute Gasteiger partial charge is 1.00 e. The molecule has 4 heteroatoms. The third-order valence-electron chi connectivity index (χ3n) is 5.57. The van der Waals surface area contributed by atoms with Crippen LogP contribution in [-0.4, -0.2) is 0 Å². The standard InChI is InChI=1S/C22H23.3ClH.Ti/c1-15-16(2)18(4)21(17(15)3)22(19-11-7-5-8-12-19)20-13-9-6-10-14-20;;;;/h5-14,22H,1-4H3;3*1H;/q;;;;+3/p-3. The van der Waals surface area contributed by atoms with Gasteiger partial charge in [-0.25, -0.2) is 0 Å². The van der Waals surface area contributed by atoms with Gasteiger partial charge in [-0.3, -0.25) is 0 Å². The first-order valence-electron chi connectivity index (χ1n) is 8.19. The van der Waals surface area contributed by atoms with Gasteiger partial charge in [0.15, 0.2) is 0 Å². The van der Waals surface area contributed by atoms with E-state index in [9.17, 15) is 0 Å². The average Bonchev–Trinajstić information content (AvgIpc) is 2.73. The quantitative estimate of drug-likeness (QED) is 0.453. The molecule has 26 heavy (non-hydrogen) atoms. The fourth-order valence-electron chi connectivity index (χ4n) is 3.85. The molecule has 0 bridgehead atoms. The van der Waals surface area contributed by atoms with Crippen molar-refractivity contribution in [2.75, 3.05) is 0 Å². The third-order valence-corrected chi connectivity index (χ3v) is 7.19. The second-order valence-electron chi connectivity index (χ2n) is 6.56. The zero-order valence-electron chi connectivity index (χ0n) is 15.5. The van der Waals surface area contributed by atoms with Crippen LogP contribution in [0.2, 0.25) is 3.72 Å². The third kappa shape index (κ3) is 4.16. The van der Waals surface area contributed by atoms with Crippen molar-refractivity contribution in [2.45, 2.75) is 37.3 Å². The first-order chi connectivity index (χ1) is 11.0. The zero-order valence-corrected chi connectivity index (χ0v) is 19.3. The summed E-state index contributed by atoms with van der Waals surface area (Å²) in [5, 5.41) is 0. The van der Waals surface area contributed by atoms with E-state index in [0.29, 0.717) is 5.92 Å². The molecule has 0 amide bonds. The number of allylic oxidation sites excluding steroid dienone is 4. The van der Waals surface area contributed by atoms with Crippen molar-refractivity contribution in [1.29, 1.82) is 0 Å². The fourth-order valence-corrected chi connectivity index (χ4v) is 4.96. The van der Waals surface area contributed by atoms with Gasteiger partial charge < -0.3 is 37.2 Å². The molecule has 3 rings (SSSR count). The fraction of sp³-hybridized carbons (Fsp3) is 0.273. The van der Waals surface area contributed by atoms with E-state index < -0.39 is 0 Å². The van der Waals surface area contributed by atoms with Gasteiger partial charge in [0.05, 0.1) is 0 Å². The van der Waals surface area contributed by atoms with Crippen LogP contribution in [0.1, 0.15) is 44.7 Å². The van der Waals surface area contributed by atoms with Gasteiger partial charge in [0.25, 0.3) is 0 Å². The van der Waals surface area contributed by atoms with E-state index in [1.54, 1.807) is 0 Å². The number of rotatable bonds is 3. The maximum absolute atomic E-state index is 2.42. The first kappa shape index (κ1) is 25.5. The molecule has 0 unspecified atom stereocenters. The summed E-state index contributed by atoms with van der Waals surface area (Å²) >= 11 is 2.42. The molecule has 0 heterocycles. The molecule has 0 nitrogen and oxygen atoms in total. The topological polar surface area (TPSA) is 0 Å². The van der Waals surface area contributed by atoms with E-state index in [1.807, 2.05) is 0 Å². The number of halogens is 3. The van der Waals surface area contributed by atoms with E-state index in [4.69, 9.17) is 0 Å². The Bertz CT molecular complexity index is 716. The van der Waals surface area contributed by atoms with Crippen LogP contribution in [0.4, 0.5) is 0 Å². The minimum absolute atomic E-state index is 0. The van der Waals surface area contributed by atoms with Crippen LogP contribution >= 0.6 is 0 Å². The summed E-state index contributed by atoms with van der Waals surface area (Å²) in [6.45, 7) is 9.17. The van der Waals surface area contributed by atoms with E-state index in [1.165, 1.54) is 33.4 Å². The summed E-state index contributed by atoms with van der Waals surface area (Å²) in [4.78, 5) is 0. The Hall–Kier alpha value is -0.496. The molecule has 0 fully saturated rings. The van der Waals surface area contributed by atoms with Crippen molar-refractivity contribution in [1.82, 2.24) is 0 Å². The van der Waals surface area contributed by atoms with Crippen molar-refractivity contribution < 1.29 is 57.7 Å². The van der Waals surface area contributed by atoms with Crippen molar-refractivity contribution in [3.63, 3.8) is 0 Å². The second-order valence-corrected chi connectivity index (χ2v) is 7.79. The van der Waals surface area contributed by atoms with Crippen LogP contribution in [-0.2, 0) is 20.4 Å². The maximum atomic E-state index is 2.42. The SMILES string of the molecule is CC1=C(C)[C]([Ti+3])(C(c2ccccc2)c2ccccc2)C(C)=C1C.[Cl-].[Cl-].[Cl-].